The Bertz CT molecular complexity index is 229. The Kier molecular flexibility index (Phi) is 8.20. The van der Waals surface area contributed by atoms with E-state index in [-0.39, 0.29) is 5.54 Å². The maximum Gasteiger partial charge on any atom is 0.106 e. The summed E-state index contributed by atoms with van der Waals surface area (Å²) in [6.45, 7) is 9.33. The first-order valence-corrected chi connectivity index (χ1v) is 6.71. The summed E-state index contributed by atoms with van der Waals surface area (Å²) >= 11 is 0. The Morgan fingerprint density at radius 1 is 1.35 bits per heavy atom. The SMILES string of the molecule is CCC(C#N)(CCCOC(C)CC(C)C)NC. The van der Waals surface area contributed by atoms with Crippen molar-refractivity contribution in [1.82, 2.24) is 5.32 Å². The number of nitrogens with zero attached hydrogens (tertiary/aromatic N) is 1. The lowest BCUT2D eigenvalue weighted by Gasteiger charge is -2.24. The van der Waals surface area contributed by atoms with Crippen LogP contribution in [0.25, 0.3) is 0 Å². The zero-order chi connectivity index (χ0) is 13.3. The van der Waals surface area contributed by atoms with Gasteiger partial charge >= 0.3 is 0 Å². The lowest BCUT2D eigenvalue weighted by Crippen LogP contribution is -2.41. The van der Waals surface area contributed by atoms with Gasteiger partial charge in [0.25, 0.3) is 0 Å². The van der Waals surface area contributed by atoms with Crippen molar-refractivity contribution < 1.29 is 4.74 Å². The fraction of sp³-hybridized carbons (Fsp3) is 0.929. The number of hydrogen-bond acceptors (Lipinski definition) is 3. The van der Waals surface area contributed by atoms with Gasteiger partial charge in [0.2, 0.25) is 0 Å². The lowest BCUT2D eigenvalue weighted by molar-refractivity contribution is 0.0473. The van der Waals surface area contributed by atoms with Crippen molar-refractivity contribution in [3.8, 4) is 6.07 Å². The molecule has 0 aromatic heterocycles. The molecule has 0 bridgehead atoms. The molecule has 100 valence electrons. The molecule has 0 aliphatic heterocycles. The smallest absolute Gasteiger partial charge is 0.106 e. The zero-order valence-corrected chi connectivity index (χ0v) is 12.0. The van der Waals surface area contributed by atoms with E-state index in [1.165, 1.54) is 0 Å². The molecule has 3 heteroatoms. The average Bonchev–Trinajstić information content (AvgIpc) is 2.29. The Balaban J connectivity index is 3.80. The fourth-order valence-electron chi connectivity index (χ4n) is 2.06. The maximum atomic E-state index is 9.15. The second-order valence-electron chi connectivity index (χ2n) is 5.21. The number of hydrogen-bond donors (Lipinski definition) is 1. The van der Waals surface area contributed by atoms with Crippen molar-refractivity contribution >= 4 is 0 Å². The maximum absolute atomic E-state index is 9.15. The van der Waals surface area contributed by atoms with Gasteiger partial charge in [-0.25, -0.2) is 0 Å². The highest BCUT2D eigenvalue weighted by Gasteiger charge is 2.24. The molecular formula is C14H28N2O. The highest BCUT2D eigenvalue weighted by Crippen LogP contribution is 2.16. The van der Waals surface area contributed by atoms with Crippen molar-refractivity contribution in [3.05, 3.63) is 0 Å². The minimum atomic E-state index is -0.370. The van der Waals surface area contributed by atoms with Crippen LogP contribution in [0.1, 0.15) is 53.4 Å². The van der Waals surface area contributed by atoms with Crippen LogP contribution in [0.5, 0.6) is 0 Å². The minimum Gasteiger partial charge on any atom is -0.378 e. The molecule has 0 saturated carbocycles. The normalized spacial score (nSPS) is 16.5. The van der Waals surface area contributed by atoms with Gasteiger partial charge in [-0.3, -0.25) is 0 Å². The monoisotopic (exact) mass is 240 g/mol. The summed E-state index contributed by atoms with van der Waals surface area (Å²) in [5, 5.41) is 12.3. The first-order valence-electron chi connectivity index (χ1n) is 6.71. The number of ether oxygens (including phenoxy) is 1. The molecule has 0 rings (SSSR count). The lowest BCUT2D eigenvalue weighted by atomic mass is 9.92. The molecule has 0 spiro atoms. The van der Waals surface area contributed by atoms with E-state index in [0.717, 1.165) is 32.3 Å². The van der Waals surface area contributed by atoms with Crippen LogP contribution in [0.15, 0.2) is 0 Å². The van der Waals surface area contributed by atoms with Crippen LogP contribution in [0.4, 0.5) is 0 Å². The average molecular weight is 240 g/mol. The van der Waals surface area contributed by atoms with E-state index in [1.807, 2.05) is 14.0 Å². The first-order chi connectivity index (χ1) is 7.99. The van der Waals surface area contributed by atoms with Crippen molar-refractivity contribution in [2.75, 3.05) is 13.7 Å². The number of nitriles is 1. The Morgan fingerprint density at radius 3 is 2.41 bits per heavy atom. The predicted molar refractivity (Wildman–Crippen MR) is 71.8 cm³/mol. The van der Waals surface area contributed by atoms with Crippen LogP contribution in [-0.2, 0) is 4.74 Å². The van der Waals surface area contributed by atoms with Gasteiger partial charge in [-0.2, -0.15) is 5.26 Å². The topological polar surface area (TPSA) is 45.0 Å². The van der Waals surface area contributed by atoms with E-state index < -0.39 is 0 Å². The molecule has 0 radical (unpaired) electrons. The summed E-state index contributed by atoms with van der Waals surface area (Å²) in [4.78, 5) is 0. The zero-order valence-electron chi connectivity index (χ0n) is 12.0. The first kappa shape index (κ1) is 16.4. The van der Waals surface area contributed by atoms with E-state index in [1.54, 1.807) is 0 Å². The third-order valence-corrected chi connectivity index (χ3v) is 3.25. The van der Waals surface area contributed by atoms with Crippen LogP contribution < -0.4 is 5.32 Å². The molecule has 1 N–H and O–H groups in total. The molecule has 0 aromatic rings. The molecule has 3 nitrogen and oxygen atoms in total. The molecule has 0 saturated heterocycles. The van der Waals surface area contributed by atoms with Gasteiger partial charge in [0.05, 0.1) is 12.2 Å². The fourth-order valence-corrected chi connectivity index (χ4v) is 2.06. The van der Waals surface area contributed by atoms with Crippen molar-refractivity contribution in [3.63, 3.8) is 0 Å². The summed E-state index contributed by atoms with van der Waals surface area (Å²) < 4.78 is 5.74. The standard InChI is InChI=1S/C14H28N2O/c1-6-14(11-15,16-5)8-7-9-17-13(4)10-12(2)3/h12-13,16H,6-10H2,1-5H3. The summed E-state index contributed by atoms with van der Waals surface area (Å²) in [5.74, 6) is 0.677. The second-order valence-corrected chi connectivity index (χ2v) is 5.21. The van der Waals surface area contributed by atoms with Crippen molar-refractivity contribution in [1.29, 1.82) is 5.26 Å². The summed E-state index contributed by atoms with van der Waals surface area (Å²) in [6.07, 6.45) is 4.04. The highest BCUT2D eigenvalue weighted by atomic mass is 16.5. The second kappa shape index (κ2) is 8.49. The van der Waals surface area contributed by atoms with Crippen molar-refractivity contribution in [2.24, 2.45) is 5.92 Å². The summed E-state index contributed by atoms with van der Waals surface area (Å²) in [5.41, 5.74) is -0.370. The van der Waals surface area contributed by atoms with E-state index >= 15 is 0 Å². The predicted octanol–water partition coefficient (Wildman–Crippen LogP) is 3.11. The molecule has 17 heavy (non-hydrogen) atoms. The van der Waals surface area contributed by atoms with Gasteiger partial charge in [-0.1, -0.05) is 20.8 Å². The van der Waals surface area contributed by atoms with E-state index in [2.05, 4.69) is 32.2 Å². The van der Waals surface area contributed by atoms with Gasteiger partial charge < -0.3 is 10.1 Å². The van der Waals surface area contributed by atoms with E-state index in [4.69, 9.17) is 10.00 Å². The van der Waals surface area contributed by atoms with Crippen LogP contribution in [0.3, 0.4) is 0 Å². The number of rotatable bonds is 9. The molecular weight excluding hydrogens is 212 g/mol. The van der Waals surface area contributed by atoms with Gasteiger partial charge in [0.15, 0.2) is 0 Å². The molecule has 2 atom stereocenters. The number of nitrogens with one attached hydrogen (secondary N) is 1. The van der Waals surface area contributed by atoms with Gasteiger partial charge in [0.1, 0.15) is 5.54 Å². The van der Waals surface area contributed by atoms with E-state index in [0.29, 0.717) is 12.0 Å². The summed E-state index contributed by atoms with van der Waals surface area (Å²) in [7, 11) is 1.86. The molecule has 0 amide bonds. The van der Waals surface area contributed by atoms with Gasteiger partial charge in [-0.05, 0) is 45.6 Å². The van der Waals surface area contributed by atoms with Crippen LogP contribution in [0, 0.1) is 17.2 Å². The van der Waals surface area contributed by atoms with Crippen LogP contribution in [-0.4, -0.2) is 25.3 Å². The van der Waals surface area contributed by atoms with Gasteiger partial charge in [-0.15, -0.1) is 0 Å². The van der Waals surface area contributed by atoms with E-state index in [9.17, 15) is 0 Å². The Hall–Kier alpha value is -0.590. The third kappa shape index (κ3) is 6.65. The molecule has 0 aromatic carbocycles. The summed E-state index contributed by atoms with van der Waals surface area (Å²) in [6, 6.07) is 2.37. The molecule has 0 aliphatic carbocycles. The molecule has 0 fully saturated rings. The molecule has 0 heterocycles. The minimum absolute atomic E-state index is 0.322. The van der Waals surface area contributed by atoms with Crippen LogP contribution in [0.2, 0.25) is 0 Å². The Morgan fingerprint density at radius 2 is 2.00 bits per heavy atom. The molecule has 2 unspecified atom stereocenters. The Labute approximate surface area is 107 Å². The van der Waals surface area contributed by atoms with Gasteiger partial charge in [0, 0.05) is 6.61 Å². The molecule has 0 aliphatic rings. The largest absolute Gasteiger partial charge is 0.378 e. The quantitative estimate of drug-likeness (QED) is 0.630. The van der Waals surface area contributed by atoms with Crippen molar-refractivity contribution in [2.45, 2.75) is 65.0 Å². The third-order valence-electron chi connectivity index (χ3n) is 3.25. The highest BCUT2D eigenvalue weighted by molar-refractivity contribution is 5.05. The van der Waals surface area contributed by atoms with Crippen LogP contribution >= 0.6 is 0 Å².